The normalized spacial score (nSPS) is 11.7. The van der Waals surface area contributed by atoms with Crippen LogP contribution >= 0.6 is 0 Å². The first-order valence-corrected chi connectivity index (χ1v) is 9.94. The van der Waals surface area contributed by atoms with Gasteiger partial charge in [-0.15, -0.1) is 0 Å². The van der Waals surface area contributed by atoms with Crippen molar-refractivity contribution < 1.29 is 14.0 Å². The molecule has 1 atom stereocenters. The molecule has 0 bridgehead atoms. The van der Waals surface area contributed by atoms with E-state index in [1.807, 2.05) is 68.4 Å². The maximum atomic E-state index is 13.9. The van der Waals surface area contributed by atoms with Gasteiger partial charge in [0.15, 0.2) is 0 Å². The molecule has 2 N–H and O–H groups in total. The van der Waals surface area contributed by atoms with Crippen molar-refractivity contribution in [2.24, 2.45) is 5.92 Å². The summed E-state index contributed by atoms with van der Waals surface area (Å²) in [6, 6.07) is 22.5. The minimum absolute atomic E-state index is 0.0829. The lowest BCUT2D eigenvalue weighted by atomic mass is 10.0. The van der Waals surface area contributed by atoms with Gasteiger partial charge in [0.25, 0.3) is 5.91 Å². The van der Waals surface area contributed by atoms with Crippen LogP contribution in [0.3, 0.4) is 0 Å². The molecule has 0 aliphatic heterocycles. The van der Waals surface area contributed by atoms with Crippen LogP contribution in [0, 0.1) is 11.7 Å². The maximum absolute atomic E-state index is 13.9. The highest BCUT2D eigenvalue weighted by Gasteiger charge is 2.26. The number of amides is 2. The number of benzene rings is 3. The van der Waals surface area contributed by atoms with Gasteiger partial charge in [-0.3, -0.25) is 9.59 Å². The van der Waals surface area contributed by atoms with Gasteiger partial charge in [0.05, 0.1) is 5.56 Å². The number of carbonyl (C=O) groups is 2. The molecule has 30 heavy (non-hydrogen) atoms. The molecule has 0 fully saturated rings. The van der Waals surface area contributed by atoms with Crippen LogP contribution in [0.25, 0.3) is 0 Å². The van der Waals surface area contributed by atoms with Crippen LogP contribution in [0.15, 0.2) is 78.9 Å². The van der Waals surface area contributed by atoms with Crippen LogP contribution < -0.4 is 10.6 Å². The van der Waals surface area contributed by atoms with Crippen molar-refractivity contribution in [2.75, 3.05) is 5.32 Å². The van der Waals surface area contributed by atoms with E-state index in [2.05, 4.69) is 10.6 Å². The van der Waals surface area contributed by atoms with Crippen molar-refractivity contribution in [1.29, 1.82) is 0 Å². The van der Waals surface area contributed by atoms with Crippen molar-refractivity contribution >= 4 is 17.5 Å². The van der Waals surface area contributed by atoms with E-state index in [-0.39, 0.29) is 17.4 Å². The zero-order valence-corrected chi connectivity index (χ0v) is 17.1. The largest absolute Gasteiger partial charge is 0.340 e. The van der Waals surface area contributed by atoms with Crippen LogP contribution in [-0.4, -0.2) is 17.9 Å². The number of nitrogens with one attached hydrogen (secondary N) is 2. The first-order valence-electron chi connectivity index (χ1n) is 9.94. The Hall–Kier alpha value is -3.47. The Kier molecular flexibility index (Phi) is 6.96. The van der Waals surface area contributed by atoms with Crippen molar-refractivity contribution in [2.45, 2.75) is 26.3 Å². The van der Waals surface area contributed by atoms with E-state index in [9.17, 15) is 14.0 Å². The Morgan fingerprint density at radius 2 is 1.50 bits per heavy atom. The fourth-order valence-electron chi connectivity index (χ4n) is 3.22. The van der Waals surface area contributed by atoms with E-state index < -0.39 is 17.8 Å². The summed E-state index contributed by atoms with van der Waals surface area (Å²) in [5.41, 5.74) is 2.71. The Morgan fingerprint density at radius 3 is 2.20 bits per heavy atom. The van der Waals surface area contributed by atoms with Gasteiger partial charge in [0, 0.05) is 5.69 Å². The van der Waals surface area contributed by atoms with E-state index in [0.29, 0.717) is 12.1 Å². The molecular formula is C25H25FN2O2. The number of anilines is 1. The number of hydrogen-bond acceptors (Lipinski definition) is 2. The second-order valence-corrected chi connectivity index (χ2v) is 7.48. The Bertz CT molecular complexity index is 1020. The second kappa shape index (κ2) is 9.83. The summed E-state index contributed by atoms with van der Waals surface area (Å²) in [4.78, 5) is 25.5. The summed E-state index contributed by atoms with van der Waals surface area (Å²) in [7, 11) is 0. The average Bonchev–Trinajstić information content (AvgIpc) is 2.74. The smallest absolute Gasteiger partial charge is 0.254 e. The summed E-state index contributed by atoms with van der Waals surface area (Å²) in [6.07, 6.45) is 0.672. The Labute approximate surface area is 176 Å². The molecule has 0 aliphatic carbocycles. The lowest BCUT2D eigenvalue weighted by molar-refractivity contribution is -0.118. The summed E-state index contributed by atoms with van der Waals surface area (Å²) >= 11 is 0. The van der Waals surface area contributed by atoms with Gasteiger partial charge in [-0.2, -0.15) is 0 Å². The monoisotopic (exact) mass is 404 g/mol. The zero-order valence-electron chi connectivity index (χ0n) is 17.1. The van der Waals surface area contributed by atoms with E-state index >= 15 is 0 Å². The predicted octanol–water partition coefficient (Wildman–Crippen LogP) is 4.81. The maximum Gasteiger partial charge on any atom is 0.254 e. The molecule has 0 spiro atoms. The fourth-order valence-corrected chi connectivity index (χ4v) is 3.22. The van der Waals surface area contributed by atoms with E-state index in [4.69, 9.17) is 0 Å². The van der Waals surface area contributed by atoms with Crippen LogP contribution in [0.1, 0.15) is 35.3 Å². The van der Waals surface area contributed by atoms with Gasteiger partial charge in [-0.25, -0.2) is 4.39 Å². The molecule has 0 radical (unpaired) electrons. The molecule has 0 saturated carbocycles. The lowest BCUT2D eigenvalue weighted by Gasteiger charge is -2.22. The molecule has 0 aromatic heterocycles. The van der Waals surface area contributed by atoms with Crippen LogP contribution in [0.5, 0.6) is 0 Å². The van der Waals surface area contributed by atoms with Crippen molar-refractivity contribution in [3.63, 3.8) is 0 Å². The third kappa shape index (κ3) is 5.32. The highest BCUT2D eigenvalue weighted by Crippen LogP contribution is 2.20. The van der Waals surface area contributed by atoms with E-state index in [1.165, 1.54) is 18.2 Å². The number of rotatable bonds is 7. The van der Waals surface area contributed by atoms with Crippen LogP contribution in [-0.2, 0) is 11.2 Å². The zero-order chi connectivity index (χ0) is 21.5. The summed E-state index contributed by atoms with van der Waals surface area (Å²) in [6.45, 7) is 3.67. The highest BCUT2D eigenvalue weighted by molar-refractivity contribution is 6.01. The average molecular weight is 404 g/mol. The molecule has 0 unspecified atom stereocenters. The first-order chi connectivity index (χ1) is 14.5. The summed E-state index contributed by atoms with van der Waals surface area (Å²) < 4.78 is 13.9. The van der Waals surface area contributed by atoms with Gasteiger partial charge in [0.2, 0.25) is 5.91 Å². The molecular weight excluding hydrogens is 379 g/mol. The van der Waals surface area contributed by atoms with Gasteiger partial charge < -0.3 is 10.6 Å². The van der Waals surface area contributed by atoms with Crippen LogP contribution in [0.4, 0.5) is 10.1 Å². The number of halogens is 1. The standard InChI is InChI=1S/C25H25FN2O2/c1-17(2)23(28-24(29)20-13-7-8-14-21(20)26)25(30)27-22-15-9-6-12-19(22)16-18-10-4-3-5-11-18/h3-15,17,23H,16H2,1-2H3,(H,27,30)(H,28,29)/t23-/m0/s1. The SMILES string of the molecule is CC(C)[C@H](NC(=O)c1ccccc1F)C(=O)Nc1ccccc1Cc1ccccc1. The summed E-state index contributed by atoms with van der Waals surface area (Å²) in [5.74, 6) is -1.75. The van der Waals surface area contributed by atoms with Gasteiger partial charge in [-0.05, 0) is 41.7 Å². The lowest BCUT2D eigenvalue weighted by Crippen LogP contribution is -2.47. The molecule has 3 aromatic carbocycles. The van der Waals surface area contributed by atoms with E-state index in [1.54, 1.807) is 6.07 Å². The molecule has 0 aliphatic rings. The molecule has 5 heteroatoms. The molecule has 2 amide bonds. The first kappa shape index (κ1) is 21.2. The highest BCUT2D eigenvalue weighted by atomic mass is 19.1. The number of carbonyl (C=O) groups excluding carboxylic acids is 2. The third-order valence-corrected chi connectivity index (χ3v) is 4.87. The number of hydrogen-bond donors (Lipinski definition) is 2. The van der Waals surface area contributed by atoms with Crippen molar-refractivity contribution in [3.8, 4) is 0 Å². The fraction of sp³-hybridized carbons (Fsp3) is 0.200. The minimum atomic E-state index is -0.804. The molecule has 3 rings (SSSR count). The third-order valence-electron chi connectivity index (χ3n) is 4.87. The quantitative estimate of drug-likeness (QED) is 0.594. The Morgan fingerprint density at radius 1 is 0.867 bits per heavy atom. The minimum Gasteiger partial charge on any atom is -0.340 e. The second-order valence-electron chi connectivity index (χ2n) is 7.48. The molecule has 154 valence electrons. The predicted molar refractivity (Wildman–Crippen MR) is 117 cm³/mol. The van der Waals surface area contributed by atoms with Crippen LogP contribution in [0.2, 0.25) is 0 Å². The molecule has 3 aromatic rings. The van der Waals surface area contributed by atoms with Gasteiger partial charge >= 0.3 is 0 Å². The summed E-state index contributed by atoms with van der Waals surface area (Å²) in [5, 5.41) is 5.61. The van der Waals surface area contributed by atoms with Gasteiger partial charge in [-0.1, -0.05) is 74.5 Å². The van der Waals surface area contributed by atoms with Crippen molar-refractivity contribution in [1.82, 2.24) is 5.32 Å². The Balaban J connectivity index is 1.76. The van der Waals surface area contributed by atoms with E-state index in [0.717, 1.165) is 11.1 Å². The van der Waals surface area contributed by atoms with Gasteiger partial charge in [0.1, 0.15) is 11.9 Å². The number of para-hydroxylation sites is 1. The topological polar surface area (TPSA) is 58.2 Å². The van der Waals surface area contributed by atoms with Crippen molar-refractivity contribution in [3.05, 3.63) is 101 Å². The molecule has 0 saturated heterocycles. The molecule has 4 nitrogen and oxygen atoms in total. The molecule has 0 heterocycles.